The summed E-state index contributed by atoms with van der Waals surface area (Å²) >= 11 is 0. The number of rotatable bonds is 4. The minimum absolute atomic E-state index is 0.167. The Morgan fingerprint density at radius 3 is 2.76 bits per heavy atom. The van der Waals surface area contributed by atoms with Gasteiger partial charge in [0.25, 0.3) is 5.91 Å². The van der Waals surface area contributed by atoms with E-state index in [0.717, 1.165) is 5.56 Å². The van der Waals surface area contributed by atoms with Crippen LogP contribution in [0.1, 0.15) is 19.4 Å². The largest absolute Gasteiger partial charge is 0.444 e. The second kappa shape index (κ2) is 6.58. The summed E-state index contributed by atoms with van der Waals surface area (Å²) in [7, 11) is 0. The summed E-state index contributed by atoms with van der Waals surface area (Å²) in [4.78, 5) is 25.6. The fraction of sp³-hybridized carbons (Fsp3) is 0.467. The predicted octanol–water partition coefficient (Wildman–Crippen LogP) is 1.51. The van der Waals surface area contributed by atoms with Crippen molar-refractivity contribution in [2.45, 2.75) is 26.2 Å². The van der Waals surface area contributed by atoms with Gasteiger partial charge in [0.15, 0.2) is 0 Å². The molecule has 6 nitrogen and oxygen atoms in total. The van der Waals surface area contributed by atoms with Crippen molar-refractivity contribution in [1.29, 1.82) is 0 Å². The van der Waals surface area contributed by atoms with Crippen LogP contribution < -0.4 is 5.32 Å². The third kappa shape index (κ3) is 3.33. The average molecular weight is 292 g/mol. The second-order valence-electron chi connectivity index (χ2n) is 4.86. The second-order valence-corrected chi connectivity index (χ2v) is 4.86. The number of nitrogens with one attached hydrogen (secondary N) is 1. The molecule has 21 heavy (non-hydrogen) atoms. The van der Waals surface area contributed by atoms with Gasteiger partial charge in [0.2, 0.25) is 5.72 Å². The molecule has 1 fully saturated rings. The number of hydrogen-bond donors (Lipinski definition) is 1. The first-order valence-electron chi connectivity index (χ1n) is 6.98. The standard InChI is InChI=1S/C15H20N2O4/c1-3-21-15(2)13(18)16-9-10-17(15)14(19)20-11-12-7-5-4-6-8-12/h4-8H,3,9-11H2,1-2H3,(H,16,18). The molecule has 1 aromatic rings. The van der Waals surface area contributed by atoms with Crippen LogP contribution in [0.4, 0.5) is 4.79 Å². The molecule has 0 saturated carbocycles. The van der Waals surface area contributed by atoms with E-state index in [-0.39, 0.29) is 12.5 Å². The van der Waals surface area contributed by atoms with Crippen LogP contribution in [0.25, 0.3) is 0 Å². The van der Waals surface area contributed by atoms with Crippen molar-refractivity contribution in [2.75, 3.05) is 19.7 Å². The highest BCUT2D eigenvalue weighted by molar-refractivity contribution is 5.89. The van der Waals surface area contributed by atoms with Crippen molar-refractivity contribution in [3.8, 4) is 0 Å². The molecule has 114 valence electrons. The predicted molar refractivity (Wildman–Crippen MR) is 76.4 cm³/mol. The number of carbonyl (C=O) groups excluding carboxylic acids is 2. The maximum Gasteiger partial charge on any atom is 0.412 e. The highest BCUT2D eigenvalue weighted by atomic mass is 16.6. The molecule has 1 unspecified atom stereocenters. The molecular formula is C15H20N2O4. The van der Waals surface area contributed by atoms with Gasteiger partial charge in [0.1, 0.15) is 6.61 Å². The smallest absolute Gasteiger partial charge is 0.412 e. The van der Waals surface area contributed by atoms with Crippen molar-refractivity contribution >= 4 is 12.0 Å². The van der Waals surface area contributed by atoms with Gasteiger partial charge in [-0.3, -0.25) is 9.69 Å². The van der Waals surface area contributed by atoms with Crippen LogP contribution in [-0.4, -0.2) is 42.3 Å². The maximum absolute atomic E-state index is 12.3. The molecule has 2 rings (SSSR count). The molecule has 1 atom stereocenters. The number of hydrogen-bond acceptors (Lipinski definition) is 4. The zero-order valence-electron chi connectivity index (χ0n) is 12.3. The Kier molecular flexibility index (Phi) is 4.80. The summed E-state index contributed by atoms with van der Waals surface area (Å²) in [5, 5.41) is 2.70. The van der Waals surface area contributed by atoms with Crippen molar-refractivity contribution < 1.29 is 19.1 Å². The lowest BCUT2D eigenvalue weighted by molar-refractivity contribution is -0.175. The molecule has 0 aromatic heterocycles. The van der Waals surface area contributed by atoms with Crippen LogP contribution in [0.3, 0.4) is 0 Å². The number of benzene rings is 1. The topological polar surface area (TPSA) is 67.9 Å². The maximum atomic E-state index is 12.3. The lowest BCUT2D eigenvalue weighted by atomic mass is 10.1. The molecule has 1 N–H and O–H groups in total. The average Bonchev–Trinajstić information content (AvgIpc) is 2.49. The Morgan fingerprint density at radius 2 is 2.10 bits per heavy atom. The van der Waals surface area contributed by atoms with E-state index in [9.17, 15) is 9.59 Å². The summed E-state index contributed by atoms with van der Waals surface area (Å²) in [5.74, 6) is -0.327. The van der Waals surface area contributed by atoms with E-state index in [4.69, 9.17) is 9.47 Å². The Balaban J connectivity index is 2.04. The molecule has 0 spiro atoms. The molecule has 0 radical (unpaired) electrons. The number of amides is 2. The third-order valence-electron chi connectivity index (χ3n) is 3.41. The number of carbonyl (C=O) groups is 2. The van der Waals surface area contributed by atoms with E-state index in [1.165, 1.54) is 4.90 Å². The minimum atomic E-state index is -1.32. The highest BCUT2D eigenvalue weighted by Gasteiger charge is 2.46. The van der Waals surface area contributed by atoms with Crippen LogP contribution in [-0.2, 0) is 20.9 Å². The molecule has 1 aliphatic heterocycles. The molecule has 1 saturated heterocycles. The van der Waals surface area contributed by atoms with Gasteiger partial charge in [-0.15, -0.1) is 0 Å². The summed E-state index contributed by atoms with van der Waals surface area (Å²) in [6, 6.07) is 9.39. The van der Waals surface area contributed by atoms with Crippen molar-refractivity contribution in [3.63, 3.8) is 0 Å². The SMILES string of the molecule is CCOC1(C)C(=O)NCCN1C(=O)OCc1ccccc1. The minimum Gasteiger partial charge on any atom is -0.444 e. The lowest BCUT2D eigenvalue weighted by Crippen LogP contribution is -2.66. The van der Waals surface area contributed by atoms with Crippen LogP contribution in [0, 0.1) is 0 Å². The number of piperazine rings is 1. The van der Waals surface area contributed by atoms with E-state index in [1.807, 2.05) is 30.3 Å². The summed E-state index contributed by atoms with van der Waals surface area (Å²) < 4.78 is 10.8. The summed E-state index contributed by atoms with van der Waals surface area (Å²) in [5.41, 5.74) is -0.425. The van der Waals surface area contributed by atoms with Crippen LogP contribution >= 0.6 is 0 Å². The molecule has 6 heteroatoms. The van der Waals surface area contributed by atoms with Gasteiger partial charge in [-0.25, -0.2) is 4.79 Å². The fourth-order valence-corrected chi connectivity index (χ4v) is 2.27. The fourth-order valence-electron chi connectivity index (χ4n) is 2.27. The van der Waals surface area contributed by atoms with E-state index in [1.54, 1.807) is 13.8 Å². The van der Waals surface area contributed by atoms with E-state index >= 15 is 0 Å². The molecule has 1 aromatic carbocycles. The summed E-state index contributed by atoms with van der Waals surface area (Å²) in [6.45, 7) is 4.60. The molecule has 1 heterocycles. The van der Waals surface area contributed by atoms with Gasteiger partial charge in [-0.1, -0.05) is 30.3 Å². The quantitative estimate of drug-likeness (QED) is 0.913. The Labute approximate surface area is 124 Å². The molecule has 0 aliphatic carbocycles. The van der Waals surface area contributed by atoms with Gasteiger partial charge < -0.3 is 14.8 Å². The molecular weight excluding hydrogens is 272 g/mol. The third-order valence-corrected chi connectivity index (χ3v) is 3.41. The number of ether oxygens (including phenoxy) is 2. The first kappa shape index (κ1) is 15.3. The van der Waals surface area contributed by atoms with Crippen LogP contribution in [0.2, 0.25) is 0 Å². The lowest BCUT2D eigenvalue weighted by Gasteiger charge is -2.41. The van der Waals surface area contributed by atoms with E-state index in [2.05, 4.69) is 5.32 Å². The first-order chi connectivity index (χ1) is 10.1. The van der Waals surface area contributed by atoms with Gasteiger partial charge in [0.05, 0.1) is 0 Å². The van der Waals surface area contributed by atoms with E-state index < -0.39 is 11.8 Å². The zero-order chi connectivity index (χ0) is 15.3. The van der Waals surface area contributed by atoms with Crippen molar-refractivity contribution in [3.05, 3.63) is 35.9 Å². The van der Waals surface area contributed by atoms with Gasteiger partial charge in [0, 0.05) is 19.7 Å². The van der Waals surface area contributed by atoms with Crippen LogP contribution in [0.5, 0.6) is 0 Å². The monoisotopic (exact) mass is 292 g/mol. The van der Waals surface area contributed by atoms with Gasteiger partial charge >= 0.3 is 6.09 Å². The highest BCUT2D eigenvalue weighted by Crippen LogP contribution is 2.21. The normalized spacial score (nSPS) is 21.8. The van der Waals surface area contributed by atoms with Crippen LogP contribution in [0.15, 0.2) is 30.3 Å². The molecule has 2 amide bonds. The number of nitrogens with zero attached hydrogens (tertiary/aromatic N) is 1. The Hall–Kier alpha value is -2.08. The first-order valence-corrected chi connectivity index (χ1v) is 6.98. The summed E-state index contributed by atoms with van der Waals surface area (Å²) in [6.07, 6.45) is -0.551. The van der Waals surface area contributed by atoms with Gasteiger partial charge in [-0.05, 0) is 19.4 Å². The van der Waals surface area contributed by atoms with Gasteiger partial charge in [-0.2, -0.15) is 0 Å². The zero-order valence-corrected chi connectivity index (χ0v) is 12.3. The molecule has 0 bridgehead atoms. The van der Waals surface area contributed by atoms with E-state index in [0.29, 0.717) is 19.7 Å². The van der Waals surface area contributed by atoms with Crippen molar-refractivity contribution in [2.24, 2.45) is 0 Å². The molecule has 1 aliphatic rings. The van der Waals surface area contributed by atoms with Crippen molar-refractivity contribution in [1.82, 2.24) is 10.2 Å². The Morgan fingerprint density at radius 1 is 1.38 bits per heavy atom. The Bertz CT molecular complexity index is 506.